The van der Waals surface area contributed by atoms with Crippen molar-refractivity contribution < 1.29 is 4.74 Å². The van der Waals surface area contributed by atoms with Gasteiger partial charge in [0.2, 0.25) is 0 Å². The molecule has 4 heteroatoms. The highest BCUT2D eigenvalue weighted by atomic mass is 35.5. The van der Waals surface area contributed by atoms with E-state index < -0.39 is 0 Å². The molecule has 2 unspecified atom stereocenters. The maximum atomic E-state index is 6.18. The van der Waals surface area contributed by atoms with Crippen molar-refractivity contribution in [3.05, 3.63) is 33.8 Å². The zero-order chi connectivity index (χ0) is 11.5. The summed E-state index contributed by atoms with van der Waals surface area (Å²) in [5.41, 5.74) is 1.01. The SMILES string of the molecule is CNCC1CCOC1c1cc(Cl)ccc1Cl. The summed E-state index contributed by atoms with van der Waals surface area (Å²) >= 11 is 12.2. The molecular formula is C12H15Cl2NO. The molecule has 1 aliphatic heterocycles. The van der Waals surface area contributed by atoms with Crippen molar-refractivity contribution >= 4 is 23.2 Å². The highest BCUT2D eigenvalue weighted by molar-refractivity contribution is 6.33. The van der Waals surface area contributed by atoms with Crippen molar-refractivity contribution in [3.8, 4) is 0 Å². The molecule has 1 N–H and O–H groups in total. The number of rotatable bonds is 3. The third kappa shape index (κ3) is 2.51. The number of benzene rings is 1. The minimum absolute atomic E-state index is 0.0682. The van der Waals surface area contributed by atoms with Gasteiger partial charge in [0.15, 0.2) is 0 Å². The van der Waals surface area contributed by atoms with Gasteiger partial charge in [0.1, 0.15) is 0 Å². The Morgan fingerprint density at radius 1 is 1.44 bits per heavy atom. The van der Waals surface area contributed by atoms with Crippen LogP contribution in [0.2, 0.25) is 10.0 Å². The van der Waals surface area contributed by atoms with E-state index >= 15 is 0 Å². The Bertz CT molecular complexity index is 370. The highest BCUT2D eigenvalue weighted by Gasteiger charge is 2.30. The number of hydrogen-bond donors (Lipinski definition) is 1. The lowest BCUT2D eigenvalue weighted by Gasteiger charge is -2.19. The molecule has 16 heavy (non-hydrogen) atoms. The smallest absolute Gasteiger partial charge is 0.0880 e. The van der Waals surface area contributed by atoms with E-state index in [4.69, 9.17) is 27.9 Å². The molecule has 0 saturated carbocycles. The molecule has 0 amide bonds. The monoisotopic (exact) mass is 259 g/mol. The second-order valence-electron chi connectivity index (χ2n) is 4.06. The topological polar surface area (TPSA) is 21.3 Å². The van der Waals surface area contributed by atoms with E-state index in [2.05, 4.69) is 5.32 Å². The van der Waals surface area contributed by atoms with Gasteiger partial charge < -0.3 is 10.1 Å². The van der Waals surface area contributed by atoms with E-state index in [1.807, 2.05) is 19.2 Å². The largest absolute Gasteiger partial charge is 0.373 e. The van der Waals surface area contributed by atoms with Gasteiger partial charge in [-0.1, -0.05) is 23.2 Å². The average molecular weight is 260 g/mol. The summed E-state index contributed by atoms with van der Waals surface area (Å²) in [6.45, 7) is 1.73. The van der Waals surface area contributed by atoms with Crippen molar-refractivity contribution in [2.45, 2.75) is 12.5 Å². The van der Waals surface area contributed by atoms with E-state index in [1.165, 1.54) is 0 Å². The summed E-state index contributed by atoms with van der Waals surface area (Å²) in [6, 6.07) is 5.54. The minimum Gasteiger partial charge on any atom is -0.373 e. The third-order valence-electron chi connectivity index (χ3n) is 2.95. The van der Waals surface area contributed by atoms with Crippen LogP contribution in [0.5, 0.6) is 0 Å². The predicted molar refractivity (Wildman–Crippen MR) is 67.2 cm³/mol. The molecule has 0 radical (unpaired) electrons. The van der Waals surface area contributed by atoms with Gasteiger partial charge in [-0.2, -0.15) is 0 Å². The Morgan fingerprint density at radius 3 is 3.00 bits per heavy atom. The maximum Gasteiger partial charge on any atom is 0.0880 e. The van der Waals surface area contributed by atoms with Gasteiger partial charge >= 0.3 is 0 Å². The lowest BCUT2D eigenvalue weighted by atomic mass is 9.95. The summed E-state index contributed by atoms with van der Waals surface area (Å²) in [5.74, 6) is 0.473. The Balaban J connectivity index is 2.25. The van der Waals surface area contributed by atoms with Crippen LogP contribution in [0.25, 0.3) is 0 Å². The highest BCUT2D eigenvalue weighted by Crippen LogP contribution is 2.38. The molecule has 2 nitrogen and oxygen atoms in total. The van der Waals surface area contributed by atoms with Gasteiger partial charge in [-0.25, -0.2) is 0 Å². The number of ether oxygens (including phenoxy) is 1. The molecule has 2 atom stereocenters. The molecule has 1 fully saturated rings. The molecular weight excluding hydrogens is 245 g/mol. The molecule has 1 saturated heterocycles. The average Bonchev–Trinajstić information content (AvgIpc) is 2.70. The molecule has 0 aliphatic carbocycles. The van der Waals surface area contributed by atoms with Crippen LogP contribution in [0.1, 0.15) is 18.1 Å². The van der Waals surface area contributed by atoms with Crippen molar-refractivity contribution in [1.82, 2.24) is 5.32 Å². The summed E-state index contributed by atoms with van der Waals surface area (Å²) in [4.78, 5) is 0. The first-order valence-electron chi connectivity index (χ1n) is 5.43. The Morgan fingerprint density at radius 2 is 2.25 bits per heavy atom. The normalized spacial score (nSPS) is 24.9. The van der Waals surface area contributed by atoms with Crippen LogP contribution in [-0.4, -0.2) is 20.2 Å². The van der Waals surface area contributed by atoms with Crippen molar-refractivity contribution in [2.75, 3.05) is 20.2 Å². The van der Waals surface area contributed by atoms with Gasteiger partial charge in [0.05, 0.1) is 6.10 Å². The zero-order valence-corrected chi connectivity index (χ0v) is 10.7. The van der Waals surface area contributed by atoms with Crippen LogP contribution in [0.15, 0.2) is 18.2 Å². The Hall–Kier alpha value is -0.280. The fraction of sp³-hybridized carbons (Fsp3) is 0.500. The molecule has 0 bridgehead atoms. The lowest BCUT2D eigenvalue weighted by Crippen LogP contribution is -2.21. The van der Waals surface area contributed by atoms with E-state index in [0.717, 1.165) is 30.2 Å². The van der Waals surface area contributed by atoms with Gasteiger partial charge in [0.25, 0.3) is 0 Å². The summed E-state index contributed by atoms with van der Waals surface area (Å²) in [6.07, 6.45) is 1.13. The Kier molecular flexibility index (Phi) is 4.09. The fourth-order valence-corrected chi connectivity index (χ4v) is 2.59. The molecule has 0 spiro atoms. The van der Waals surface area contributed by atoms with Gasteiger partial charge in [-0.15, -0.1) is 0 Å². The van der Waals surface area contributed by atoms with E-state index in [0.29, 0.717) is 10.9 Å². The molecule has 1 aromatic carbocycles. The zero-order valence-electron chi connectivity index (χ0n) is 9.17. The van der Waals surface area contributed by atoms with E-state index in [1.54, 1.807) is 6.07 Å². The first-order valence-corrected chi connectivity index (χ1v) is 6.19. The van der Waals surface area contributed by atoms with Gasteiger partial charge in [-0.3, -0.25) is 0 Å². The second-order valence-corrected chi connectivity index (χ2v) is 4.91. The van der Waals surface area contributed by atoms with Gasteiger partial charge in [-0.05, 0) is 31.7 Å². The number of nitrogens with one attached hydrogen (secondary N) is 1. The van der Waals surface area contributed by atoms with E-state index in [9.17, 15) is 0 Å². The van der Waals surface area contributed by atoms with Crippen molar-refractivity contribution in [2.24, 2.45) is 5.92 Å². The fourth-order valence-electron chi connectivity index (χ4n) is 2.18. The minimum atomic E-state index is 0.0682. The van der Waals surface area contributed by atoms with Crippen molar-refractivity contribution in [3.63, 3.8) is 0 Å². The van der Waals surface area contributed by atoms with Crippen LogP contribution in [0.4, 0.5) is 0 Å². The standard InChI is InChI=1S/C12H15Cl2NO/c1-15-7-8-4-5-16-12(8)10-6-9(13)2-3-11(10)14/h2-3,6,8,12,15H,4-5,7H2,1H3. The van der Waals surface area contributed by atoms with Crippen LogP contribution in [-0.2, 0) is 4.74 Å². The maximum absolute atomic E-state index is 6.18. The molecule has 2 rings (SSSR count). The molecule has 1 aromatic rings. The van der Waals surface area contributed by atoms with Crippen molar-refractivity contribution in [1.29, 1.82) is 0 Å². The van der Waals surface area contributed by atoms with Crippen LogP contribution >= 0.6 is 23.2 Å². The summed E-state index contributed by atoms with van der Waals surface area (Å²) < 4.78 is 5.76. The molecule has 88 valence electrons. The number of halogens is 2. The first-order chi connectivity index (χ1) is 7.72. The quantitative estimate of drug-likeness (QED) is 0.900. The van der Waals surface area contributed by atoms with Gasteiger partial charge in [0, 0.05) is 34.7 Å². The van der Waals surface area contributed by atoms with Crippen LogP contribution in [0, 0.1) is 5.92 Å². The van der Waals surface area contributed by atoms with E-state index in [-0.39, 0.29) is 6.10 Å². The molecule has 1 aliphatic rings. The second kappa shape index (κ2) is 5.37. The van der Waals surface area contributed by atoms with Crippen LogP contribution in [0.3, 0.4) is 0 Å². The predicted octanol–water partition coefficient (Wildman–Crippen LogP) is 3.29. The Labute approximate surface area is 106 Å². The molecule has 1 heterocycles. The first kappa shape index (κ1) is 12.2. The third-order valence-corrected chi connectivity index (χ3v) is 3.52. The van der Waals surface area contributed by atoms with Crippen LogP contribution < -0.4 is 5.32 Å². The molecule has 0 aromatic heterocycles. The summed E-state index contributed by atoms with van der Waals surface area (Å²) in [7, 11) is 1.95. The summed E-state index contributed by atoms with van der Waals surface area (Å²) in [5, 5.41) is 4.63. The number of hydrogen-bond acceptors (Lipinski definition) is 2. The lowest BCUT2D eigenvalue weighted by molar-refractivity contribution is 0.0910.